The van der Waals surface area contributed by atoms with Crippen LogP contribution in [0.5, 0.6) is 0 Å². The van der Waals surface area contributed by atoms with E-state index < -0.39 is 5.79 Å². The smallest absolute Gasteiger partial charge is 0.172 e. The molecule has 0 atom stereocenters. The Morgan fingerprint density at radius 2 is 1.67 bits per heavy atom. The average molecular weight is 248 g/mol. The highest BCUT2D eigenvalue weighted by atomic mass is 16.7. The van der Waals surface area contributed by atoms with Crippen LogP contribution in [-0.2, 0) is 9.47 Å². The molecular formula is C15H20O3. The molecule has 1 saturated heterocycles. The zero-order valence-electron chi connectivity index (χ0n) is 11.2. The van der Waals surface area contributed by atoms with Crippen LogP contribution in [0.1, 0.15) is 37.6 Å². The summed E-state index contributed by atoms with van der Waals surface area (Å²) in [6, 6.07) is 9.26. The van der Waals surface area contributed by atoms with Gasteiger partial charge in [-0.1, -0.05) is 44.2 Å². The van der Waals surface area contributed by atoms with Gasteiger partial charge in [0.2, 0.25) is 0 Å². The van der Waals surface area contributed by atoms with Gasteiger partial charge in [-0.05, 0) is 6.92 Å². The lowest BCUT2D eigenvalue weighted by Gasteiger charge is -2.41. The monoisotopic (exact) mass is 248 g/mol. The second-order valence-corrected chi connectivity index (χ2v) is 5.84. The number of hydrogen-bond donors (Lipinski definition) is 0. The largest absolute Gasteiger partial charge is 0.349 e. The van der Waals surface area contributed by atoms with Crippen molar-refractivity contribution in [2.75, 3.05) is 13.2 Å². The van der Waals surface area contributed by atoms with Gasteiger partial charge in [0.1, 0.15) is 0 Å². The van der Waals surface area contributed by atoms with Crippen LogP contribution in [0.3, 0.4) is 0 Å². The molecular weight excluding hydrogens is 228 g/mol. The van der Waals surface area contributed by atoms with Gasteiger partial charge < -0.3 is 9.47 Å². The van der Waals surface area contributed by atoms with Gasteiger partial charge >= 0.3 is 0 Å². The highest BCUT2D eigenvalue weighted by Gasteiger charge is 2.38. The molecule has 1 aliphatic heterocycles. The van der Waals surface area contributed by atoms with Crippen molar-refractivity contribution >= 4 is 5.78 Å². The molecule has 0 aliphatic carbocycles. The summed E-state index contributed by atoms with van der Waals surface area (Å²) in [5.74, 6) is -0.736. The van der Waals surface area contributed by atoms with Crippen molar-refractivity contribution < 1.29 is 14.3 Å². The van der Waals surface area contributed by atoms with Crippen molar-refractivity contribution in [1.29, 1.82) is 0 Å². The molecule has 1 aliphatic rings. The van der Waals surface area contributed by atoms with E-state index in [-0.39, 0.29) is 17.6 Å². The molecule has 2 rings (SSSR count). The maximum absolute atomic E-state index is 12.1. The minimum Gasteiger partial charge on any atom is -0.349 e. The van der Waals surface area contributed by atoms with Crippen LogP contribution in [0.2, 0.25) is 0 Å². The Labute approximate surface area is 108 Å². The number of hydrogen-bond acceptors (Lipinski definition) is 3. The van der Waals surface area contributed by atoms with Gasteiger partial charge in [-0.25, -0.2) is 0 Å². The predicted octanol–water partition coefficient (Wildman–Crippen LogP) is 3.05. The van der Waals surface area contributed by atoms with Crippen molar-refractivity contribution in [3.05, 3.63) is 35.9 Å². The Morgan fingerprint density at radius 3 is 2.22 bits per heavy atom. The van der Waals surface area contributed by atoms with Crippen LogP contribution in [0.15, 0.2) is 30.3 Å². The first-order valence-corrected chi connectivity index (χ1v) is 6.26. The molecule has 1 fully saturated rings. The summed E-state index contributed by atoms with van der Waals surface area (Å²) in [5, 5.41) is 0. The molecule has 0 bridgehead atoms. The Hall–Kier alpha value is -1.19. The first-order valence-electron chi connectivity index (χ1n) is 6.26. The van der Waals surface area contributed by atoms with Gasteiger partial charge in [0.15, 0.2) is 11.6 Å². The van der Waals surface area contributed by atoms with Gasteiger partial charge in [-0.2, -0.15) is 0 Å². The van der Waals surface area contributed by atoms with Crippen LogP contribution in [-0.4, -0.2) is 24.8 Å². The number of benzene rings is 1. The van der Waals surface area contributed by atoms with Crippen molar-refractivity contribution in [3.8, 4) is 0 Å². The third kappa shape index (κ3) is 3.18. The quantitative estimate of drug-likeness (QED) is 0.771. The Morgan fingerprint density at radius 1 is 1.11 bits per heavy atom. The summed E-state index contributed by atoms with van der Waals surface area (Å²) >= 11 is 0. The molecule has 0 radical (unpaired) electrons. The van der Waals surface area contributed by atoms with Crippen molar-refractivity contribution in [1.82, 2.24) is 0 Å². The van der Waals surface area contributed by atoms with Crippen LogP contribution in [0.4, 0.5) is 0 Å². The first kappa shape index (κ1) is 13.2. The fourth-order valence-corrected chi connectivity index (χ4v) is 1.90. The highest BCUT2D eigenvalue weighted by Crippen LogP contribution is 2.31. The molecule has 0 saturated carbocycles. The van der Waals surface area contributed by atoms with E-state index in [4.69, 9.17) is 9.47 Å². The van der Waals surface area contributed by atoms with E-state index in [0.717, 1.165) is 0 Å². The third-order valence-electron chi connectivity index (χ3n) is 3.11. The molecule has 3 nitrogen and oxygen atoms in total. The molecule has 0 unspecified atom stereocenters. The van der Waals surface area contributed by atoms with Crippen LogP contribution < -0.4 is 0 Å². The number of ether oxygens (including phenoxy) is 2. The minimum absolute atomic E-state index is 0.0231. The second kappa shape index (κ2) is 4.82. The minimum atomic E-state index is -0.789. The summed E-state index contributed by atoms with van der Waals surface area (Å²) in [7, 11) is 0. The summed E-state index contributed by atoms with van der Waals surface area (Å²) in [5.41, 5.74) is 0.728. The topological polar surface area (TPSA) is 35.5 Å². The lowest BCUT2D eigenvalue weighted by Crippen LogP contribution is -2.46. The van der Waals surface area contributed by atoms with Gasteiger partial charge in [-0.15, -0.1) is 0 Å². The van der Waals surface area contributed by atoms with E-state index in [9.17, 15) is 4.79 Å². The molecule has 98 valence electrons. The van der Waals surface area contributed by atoms with E-state index >= 15 is 0 Å². The second-order valence-electron chi connectivity index (χ2n) is 5.84. The van der Waals surface area contributed by atoms with E-state index in [0.29, 0.717) is 18.8 Å². The summed E-state index contributed by atoms with van der Waals surface area (Å²) in [6.07, 6.45) is 0.257. The zero-order chi connectivity index (χ0) is 13.2. The molecule has 0 amide bonds. The van der Waals surface area contributed by atoms with Crippen LogP contribution >= 0.6 is 0 Å². The van der Waals surface area contributed by atoms with Gasteiger partial charge in [0, 0.05) is 11.0 Å². The fourth-order valence-electron chi connectivity index (χ4n) is 1.90. The number of carbonyl (C=O) groups is 1. The number of carbonyl (C=O) groups excluding carboxylic acids is 1. The average Bonchev–Trinajstić information content (AvgIpc) is 2.35. The maximum atomic E-state index is 12.1. The molecule has 18 heavy (non-hydrogen) atoms. The van der Waals surface area contributed by atoms with Crippen molar-refractivity contribution in [3.63, 3.8) is 0 Å². The third-order valence-corrected chi connectivity index (χ3v) is 3.11. The maximum Gasteiger partial charge on any atom is 0.172 e. The SMILES string of the molecule is CC1(C)COC(C)(CC(=O)c2ccccc2)OC1. The number of rotatable bonds is 3. The van der Waals surface area contributed by atoms with E-state index in [1.165, 1.54) is 0 Å². The number of Topliss-reactive ketones (excluding diaryl/α,β-unsaturated/α-hetero) is 1. The Kier molecular flexibility index (Phi) is 3.55. The lowest BCUT2D eigenvalue weighted by atomic mass is 9.94. The van der Waals surface area contributed by atoms with Crippen LogP contribution in [0.25, 0.3) is 0 Å². The zero-order valence-corrected chi connectivity index (χ0v) is 11.2. The highest BCUT2D eigenvalue weighted by molar-refractivity contribution is 5.96. The van der Waals surface area contributed by atoms with Gasteiger partial charge in [-0.3, -0.25) is 4.79 Å². The van der Waals surface area contributed by atoms with Crippen LogP contribution in [0, 0.1) is 5.41 Å². The van der Waals surface area contributed by atoms with Gasteiger partial charge in [0.05, 0.1) is 19.6 Å². The molecule has 1 aromatic carbocycles. The van der Waals surface area contributed by atoms with Crippen molar-refractivity contribution in [2.45, 2.75) is 33.0 Å². The summed E-state index contributed by atoms with van der Waals surface area (Å²) < 4.78 is 11.5. The lowest BCUT2D eigenvalue weighted by molar-refractivity contribution is -0.286. The van der Waals surface area contributed by atoms with Gasteiger partial charge in [0.25, 0.3) is 0 Å². The Balaban J connectivity index is 2.00. The molecule has 1 heterocycles. The molecule has 1 aromatic rings. The fraction of sp³-hybridized carbons (Fsp3) is 0.533. The predicted molar refractivity (Wildman–Crippen MR) is 69.5 cm³/mol. The Bertz CT molecular complexity index is 413. The first-order chi connectivity index (χ1) is 8.40. The molecule has 0 spiro atoms. The standard InChI is InChI=1S/C15H20O3/c1-14(2)10-17-15(3,18-11-14)9-13(16)12-7-5-4-6-8-12/h4-8H,9-11H2,1-3H3. The van der Waals surface area contributed by atoms with Crippen molar-refractivity contribution in [2.24, 2.45) is 5.41 Å². The molecule has 3 heteroatoms. The molecule has 0 N–H and O–H groups in total. The molecule has 0 aromatic heterocycles. The normalized spacial score (nSPS) is 21.5. The number of ketones is 1. The van der Waals surface area contributed by atoms with E-state index in [1.807, 2.05) is 37.3 Å². The van der Waals surface area contributed by atoms with E-state index in [1.54, 1.807) is 0 Å². The summed E-state index contributed by atoms with van der Waals surface area (Å²) in [4.78, 5) is 12.1. The van der Waals surface area contributed by atoms with E-state index in [2.05, 4.69) is 13.8 Å². The summed E-state index contributed by atoms with van der Waals surface area (Å²) in [6.45, 7) is 7.25.